The number of carbonyl (C=O) groups is 1. The van der Waals surface area contributed by atoms with E-state index >= 15 is 0 Å². The van der Waals surface area contributed by atoms with E-state index in [1.807, 2.05) is 30.3 Å². The van der Waals surface area contributed by atoms with Crippen LogP contribution in [0.5, 0.6) is 0 Å². The molecule has 0 saturated heterocycles. The number of nitrogens with one attached hydrogen (secondary N) is 1. The summed E-state index contributed by atoms with van der Waals surface area (Å²) in [7, 11) is 0. The number of hydrogen-bond acceptors (Lipinski definition) is 4. The highest BCUT2D eigenvalue weighted by atomic mass is 16.5. The van der Waals surface area contributed by atoms with Gasteiger partial charge in [0.05, 0.1) is 0 Å². The predicted molar refractivity (Wildman–Crippen MR) is 57.2 cm³/mol. The molecule has 1 aliphatic rings. The van der Waals surface area contributed by atoms with Crippen LogP contribution >= 0.6 is 0 Å². The molecule has 0 bridgehead atoms. The molecule has 0 fully saturated rings. The number of amides is 1. The van der Waals surface area contributed by atoms with Crippen LogP contribution < -0.4 is 5.48 Å². The third-order valence-electron chi connectivity index (χ3n) is 2.40. The van der Waals surface area contributed by atoms with Gasteiger partial charge in [-0.25, -0.2) is 10.5 Å². The minimum Gasteiger partial charge on any atom is -0.472 e. The number of rotatable bonds is 2. The fraction of sp³-hybridized carbons (Fsp3) is 0.273. The standard InChI is InChI=1S/C11H12N2O3/c1-7-9(10(14)13-15)12-11(16-7)8-5-3-2-4-6-8/h2-7,9,15H,1H3,(H,13,14)/t7-,9+/m0/s1. The molecular formula is C11H12N2O3. The van der Waals surface area contributed by atoms with Gasteiger partial charge in [0.25, 0.3) is 5.91 Å². The summed E-state index contributed by atoms with van der Waals surface area (Å²) in [6.45, 7) is 1.74. The molecule has 1 aromatic rings. The van der Waals surface area contributed by atoms with Crippen molar-refractivity contribution in [3.63, 3.8) is 0 Å². The van der Waals surface area contributed by atoms with Gasteiger partial charge in [-0.05, 0) is 19.1 Å². The first-order chi connectivity index (χ1) is 7.72. The van der Waals surface area contributed by atoms with E-state index in [2.05, 4.69) is 4.99 Å². The Balaban J connectivity index is 2.23. The molecule has 0 spiro atoms. The van der Waals surface area contributed by atoms with Crippen molar-refractivity contribution < 1.29 is 14.7 Å². The van der Waals surface area contributed by atoms with Crippen molar-refractivity contribution in [3.8, 4) is 0 Å². The highest BCUT2D eigenvalue weighted by molar-refractivity contribution is 5.98. The molecule has 1 heterocycles. The van der Waals surface area contributed by atoms with E-state index in [-0.39, 0.29) is 6.10 Å². The lowest BCUT2D eigenvalue weighted by molar-refractivity contribution is -0.131. The zero-order chi connectivity index (χ0) is 11.5. The van der Waals surface area contributed by atoms with Crippen LogP contribution in [-0.2, 0) is 9.53 Å². The van der Waals surface area contributed by atoms with Gasteiger partial charge in [0, 0.05) is 5.56 Å². The molecular weight excluding hydrogens is 208 g/mol. The molecule has 2 N–H and O–H groups in total. The number of aliphatic imine (C=N–C) groups is 1. The van der Waals surface area contributed by atoms with E-state index in [0.29, 0.717) is 5.90 Å². The van der Waals surface area contributed by atoms with Crippen LogP contribution in [0, 0.1) is 0 Å². The summed E-state index contributed by atoms with van der Waals surface area (Å²) in [5, 5.41) is 8.55. The molecule has 1 aromatic carbocycles. The second-order valence-corrected chi connectivity index (χ2v) is 3.54. The molecule has 0 saturated carbocycles. The summed E-state index contributed by atoms with van der Waals surface area (Å²) in [5.41, 5.74) is 2.41. The topological polar surface area (TPSA) is 70.9 Å². The SMILES string of the molecule is C[C@@H]1OC(c2ccccc2)=N[C@H]1C(=O)NO. The number of nitrogens with zero attached hydrogens (tertiary/aromatic N) is 1. The molecule has 0 radical (unpaired) electrons. The van der Waals surface area contributed by atoms with Gasteiger partial charge < -0.3 is 4.74 Å². The normalized spacial score (nSPS) is 23.5. The zero-order valence-electron chi connectivity index (χ0n) is 8.75. The Hall–Kier alpha value is -1.88. The lowest BCUT2D eigenvalue weighted by atomic mass is 10.2. The molecule has 0 aliphatic carbocycles. The average Bonchev–Trinajstić information content (AvgIpc) is 2.71. The summed E-state index contributed by atoms with van der Waals surface area (Å²) >= 11 is 0. The van der Waals surface area contributed by atoms with Gasteiger partial charge in [0.15, 0.2) is 6.04 Å². The molecule has 0 aromatic heterocycles. The molecule has 84 valence electrons. The van der Waals surface area contributed by atoms with Crippen LogP contribution in [0.2, 0.25) is 0 Å². The van der Waals surface area contributed by atoms with Crippen LogP contribution in [-0.4, -0.2) is 29.2 Å². The smallest absolute Gasteiger partial charge is 0.272 e. The average molecular weight is 220 g/mol. The van der Waals surface area contributed by atoms with Crippen molar-refractivity contribution in [1.29, 1.82) is 0 Å². The number of carbonyl (C=O) groups excluding carboxylic acids is 1. The van der Waals surface area contributed by atoms with Crippen molar-refractivity contribution >= 4 is 11.8 Å². The highest BCUT2D eigenvalue weighted by Gasteiger charge is 2.33. The van der Waals surface area contributed by atoms with Crippen molar-refractivity contribution in [2.75, 3.05) is 0 Å². The Labute approximate surface area is 92.7 Å². The first kappa shape index (κ1) is 10.6. The van der Waals surface area contributed by atoms with Crippen LogP contribution in [0.25, 0.3) is 0 Å². The fourth-order valence-corrected chi connectivity index (χ4v) is 1.56. The van der Waals surface area contributed by atoms with Crippen LogP contribution in [0.4, 0.5) is 0 Å². The van der Waals surface area contributed by atoms with Crippen molar-refractivity contribution in [3.05, 3.63) is 35.9 Å². The Bertz CT molecular complexity index is 416. The Morgan fingerprint density at radius 2 is 2.12 bits per heavy atom. The van der Waals surface area contributed by atoms with Crippen molar-refractivity contribution in [2.24, 2.45) is 4.99 Å². The number of ether oxygens (including phenoxy) is 1. The van der Waals surface area contributed by atoms with E-state index < -0.39 is 11.9 Å². The van der Waals surface area contributed by atoms with Crippen LogP contribution in [0.15, 0.2) is 35.3 Å². The Morgan fingerprint density at radius 1 is 1.44 bits per heavy atom. The quantitative estimate of drug-likeness (QED) is 0.570. The lowest BCUT2D eigenvalue weighted by Gasteiger charge is -2.09. The molecule has 5 nitrogen and oxygen atoms in total. The van der Waals surface area contributed by atoms with Gasteiger partial charge in [0.2, 0.25) is 5.90 Å². The largest absolute Gasteiger partial charge is 0.472 e. The second kappa shape index (κ2) is 4.32. The molecule has 0 unspecified atom stereocenters. The van der Waals surface area contributed by atoms with Gasteiger partial charge in [-0.3, -0.25) is 10.0 Å². The summed E-state index contributed by atoms with van der Waals surface area (Å²) in [6.07, 6.45) is -0.373. The molecule has 1 aliphatic heterocycles. The fourth-order valence-electron chi connectivity index (χ4n) is 1.56. The van der Waals surface area contributed by atoms with Crippen molar-refractivity contribution in [2.45, 2.75) is 19.1 Å². The summed E-state index contributed by atoms with van der Waals surface area (Å²) in [4.78, 5) is 15.4. The minimum absolute atomic E-state index is 0.373. The highest BCUT2D eigenvalue weighted by Crippen LogP contribution is 2.17. The van der Waals surface area contributed by atoms with Crippen molar-refractivity contribution in [1.82, 2.24) is 5.48 Å². The molecule has 5 heteroatoms. The first-order valence-electron chi connectivity index (χ1n) is 4.96. The third-order valence-corrected chi connectivity index (χ3v) is 2.40. The minimum atomic E-state index is -0.694. The van der Waals surface area contributed by atoms with E-state index in [1.165, 1.54) is 0 Å². The van der Waals surface area contributed by atoms with E-state index in [0.717, 1.165) is 5.56 Å². The molecule has 16 heavy (non-hydrogen) atoms. The number of hydroxylamine groups is 1. The monoisotopic (exact) mass is 220 g/mol. The first-order valence-corrected chi connectivity index (χ1v) is 4.96. The summed E-state index contributed by atoms with van der Waals surface area (Å²) in [5.74, 6) is -0.125. The van der Waals surface area contributed by atoms with Gasteiger partial charge in [-0.1, -0.05) is 18.2 Å². The second-order valence-electron chi connectivity index (χ2n) is 3.54. The predicted octanol–water partition coefficient (Wildman–Crippen LogP) is 0.726. The van der Waals surface area contributed by atoms with Gasteiger partial charge in [-0.15, -0.1) is 0 Å². The molecule has 2 atom stereocenters. The van der Waals surface area contributed by atoms with Gasteiger partial charge >= 0.3 is 0 Å². The van der Waals surface area contributed by atoms with E-state index in [1.54, 1.807) is 12.4 Å². The Kier molecular flexibility index (Phi) is 2.87. The maximum atomic E-state index is 11.3. The van der Waals surface area contributed by atoms with Gasteiger partial charge in [-0.2, -0.15) is 0 Å². The van der Waals surface area contributed by atoms with E-state index in [9.17, 15) is 4.79 Å². The number of benzene rings is 1. The Morgan fingerprint density at radius 3 is 2.75 bits per heavy atom. The maximum absolute atomic E-state index is 11.3. The van der Waals surface area contributed by atoms with Gasteiger partial charge in [0.1, 0.15) is 6.10 Å². The maximum Gasteiger partial charge on any atom is 0.272 e. The van der Waals surface area contributed by atoms with E-state index in [4.69, 9.17) is 9.94 Å². The lowest BCUT2D eigenvalue weighted by Crippen LogP contribution is -2.36. The zero-order valence-corrected chi connectivity index (χ0v) is 8.75. The molecule has 1 amide bonds. The van der Waals surface area contributed by atoms with Crippen LogP contribution in [0.3, 0.4) is 0 Å². The van der Waals surface area contributed by atoms with Crippen LogP contribution in [0.1, 0.15) is 12.5 Å². The molecule has 2 rings (SSSR count). The number of hydrogen-bond donors (Lipinski definition) is 2. The third kappa shape index (κ3) is 1.90. The summed E-state index contributed by atoms with van der Waals surface area (Å²) in [6, 6.07) is 8.63. The summed E-state index contributed by atoms with van der Waals surface area (Å²) < 4.78 is 5.46.